The fourth-order valence-corrected chi connectivity index (χ4v) is 2.56. The minimum Gasteiger partial charge on any atom is -0.348 e. The van der Waals surface area contributed by atoms with Crippen LogP contribution in [0.15, 0.2) is 61.1 Å². The molecule has 120 valence electrons. The van der Waals surface area contributed by atoms with Crippen LogP contribution in [-0.2, 0) is 6.54 Å². The minimum atomic E-state index is -0.227. The number of aromatic nitrogens is 2. The van der Waals surface area contributed by atoms with Gasteiger partial charge in [0.15, 0.2) is 0 Å². The lowest BCUT2D eigenvalue weighted by atomic mass is 10.1. The van der Waals surface area contributed by atoms with Gasteiger partial charge >= 0.3 is 0 Å². The number of hydrogen-bond donors (Lipinski definition) is 1. The molecule has 0 saturated heterocycles. The van der Waals surface area contributed by atoms with Crippen molar-refractivity contribution in [2.24, 2.45) is 0 Å². The second-order valence-electron chi connectivity index (χ2n) is 5.06. The Labute approximate surface area is 149 Å². The summed E-state index contributed by atoms with van der Waals surface area (Å²) in [4.78, 5) is 20.8. The molecule has 2 heterocycles. The lowest BCUT2D eigenvalue weighted by molar-refractivity contribution is 0.0951. The van der Waals surface area contributed by atoms with Gasteiger partial charge in [0.25, 0.3) is 5.91 Å². The van der Waals surface area contributed by atoms with E-state index in [1.54, 1.807) is 36.8 Å². The topological polar surface area (TPSA) is 54.9 Å². The SMILES string of the molecule is O=C(NCc1cccnc1-c1cccnc1)c1ccc(Cl)c(Cl)c1. The second kappa shape index (κ2) is 7.43. The summed E-state index contributed by atoms with van der Waals surface area (Å²) < 4.78 is 0. The van der Waals surface area contributed by atoms with Crippen molar-refractivity contribution in [1.29, 1.82) is 0 Å². The fraction of sp³-hybridized carbons (Fsp3) is 0.0556. The van der Waals surface area contributed by atoms with E-state index in [1.165, 1.54) is 0 Å². The highest BCUT2D eigenvalue weighted by Gasteiger charge is 2.10. The molecule has 0 aliphatic carbocycles. The number of pyridine rings is 2. The lowest BCUT2D eigenvalue weighted by Crippen LogP contribution is -2.23. The van der Waals surface area contributed by atoms with Crippen LogP contribution >= 0.6 is 23.2 Å². The third kappa shape index (κ3) is 3.72. The largest absolute Gasteiger partial charge is 0.348 e. The molecule has 3 aromatic rings. The first kappa shape index (κ1) is 16.4. The van der Waals surface area contributed by atoms with E-state index in [2.05, 4.69) is 15.3 Å². The number of nitrogens with zero attached hydrogens (tertiary/aromatic N) is 2. The van der Waals surface area contributed by atoms with Gasteiger partial charge in [0.2, 0.25) is 0 Å². The number of nitrogens with one attached hydrogen (secondary N) is 1. The van der Waals surface area contributed by atoms with Gasteiger partial charge in [-0.2, -0.15) is 0 Å². The van der Waals surface area contributed by atoms with Crippen molar-refractivity contribution in [3.63, 3.8) is 0 Å². The summed E-state index contributed by atoms with van der Waals surface area (Å²) in [5.41, 5.74) is 3.05. The van der Waals surface area contributed by atoms with Crippen LogP contribution in [0.2, 0.25) is 10.0 Å². The van der Waals surface area contributed by atoms with Crippen molar-refractivity contribution in [2.45, 2.75) is 6.54 Å². The van der Waals surface area contributed by atoms with Crippen LogP contribution in [0.3, 0.4) is 0 Å². The monoisotopic (exact) mass is 357 g/mol. The van der Waals surface area contributed by atoms with Crippen molar-refractivity contribution in [2.75, 3.05) is 0 Å². The Morgan fingerprint density at radius 1 is 1.04 bits per heavy atom. The molecule has 1 amide bonds. The molecule has 0 fully saturated rings. The maximum Gasteiger partial charge on any atom is 0.251 e. The number of hydrogen-bond acceptors (Lipinski definition) is 3. The number of halogens is 2. The molecule has 0 spiro atoms. The zero-order chi connectivity index (χ0) is 16.9. The highest BCUT2D eigenvalue weighted by molar-refractivity contribution is 6.42. The summed E-state index contributed by atoms with van der Waals surface area (Å²) in [6.07, 6.45) is 5.16. The van der Waals surface area contributed by atoms with Crippen LogP contribution in [0.4, 0.5) is 0 Å². The van der Waals surface area contributed by atoms with E-state index in [0.29, 0.717) is 22.2 Å². The number of carbonyl (C=O) groups excluding carboxylic acids is 1. The fourth-order valence-electron chi connectivity index (χ4n) is 2.26. The highest BCUT2D eigenvalue weighted by Crippen LogP contribution is 2.23. The average Bonchev–Trinajstić information content (AvgIpc) is 2.63. The summed E-state index contributed by atoms with van der Waals surface area (Å²) in [6, 6.07) is 12.3. The van der Waals surface area contributed by atoms with Gasteiger partial charge in [-0.05, 0) is 42.0 Å². The molecule has 1 N–H and O–H groups in total. The van der Waals surface area contributed by atoms with Gasteiger partial charge in [-0.1, -0.05) is 29.3 Å². The molecular weight excluding hydrogens is 345 g/mol. The maximum absolute atomic E-state index is 12.3. The van der Waals surface area contributed by atoms with E-state index in [1.807, 2.05) is 24.3 Å². The second-order valence-corrected chi connectivity index (χ2v) is 5.88. The predicted molar refractivity (Wildman–Crippen MR) is 95.1 cm³/mol. The van der Waals surface area contributed by atoms with Crippen molar-refractivity contribution in [3.05, 3.63) is 82.2 Å². The average molecular weight is 358 g/mol. The van der Waals surface area contributed by atoms with Crippen molar-refractivity contribution in [3.8, 4) is 11.3 Å². The van der Waals surface area contributed by atoms with Crippen molar-refractivity contribution < 1.29 is 4.79 Å². The molecule has 3 rings (SSSR count). The molecule has 0 aliphatic heterocycles. The van der Waals surface area contributed by atoms with Gasteiger partial charge in [0.1, 0.15) is 0 Å². The van der Waals surface area contributed by atoms with E-state index in [9.17, 15) is 4.79 Å². The van der Waals surface area contributed by atoms with Gasteiger partial charge in [0, 0.05) is 36.3 Å². The van der Waals surface area contributed by atoms with Crippen LogP contribution in [0.5, 0.6) is 0 Å². The molecule has 0 saturated carbocycles. The molecule has 4 nitrogen and oxygen atoms in total. The Morgan fingerprint density at radius 3 is 2.62 bits per heavy atom. The van der Waals surface area contributed by atoms with Crippen molar-refractivity contribution >= 4 is 29.1 Å². The number of benzene rings is 1. The summed E-state index contributed by atoms with van der Waals surface area (Å²) in [5.74, 6) is -0.227. The molecule has 24 heavy (non-hydrogen) atoms. The van der Waals surface area contributed by atoms with Gasteiger partial charge in [-0.3, -0.25) is 14.8 Å². The van der Waals surface area contributed by atoms with E-state index in [0.717, 1.165) is 16.8 Å². The van der Waals surface area contributed by atoms with Crippen LogP contribution < -0.4 is 5.32 Å². The van der Waals surface area contributed by atoms with Gasteiger partial charge < -0.3 is 5.32 Å². The lowest BCUT2D eigenvalue weighted by Gasteiger charge is -2.10. The first-order valence-corrected chi connectivity index (χ1v) is 7.98. The molecule has 0 aliphatic rings. The van der Waals surface area contributed by atoms with E-state index in [4.69, 9.17) is 23.2 Å². The quantitative estimate of drug-likeness (QED) is 0.753. The van der Waals surface area contributed by atoms with Crippen LogP contribution in [0.1, 0.15) is 15.9 Å². The first-order valence-electron chi connectivity index (χ1n) is 7.22. The summed E-state index contributed by atoms with van der Waals surface area (Å²) in [5, 5.41) is 3.64. The molecule has 6 heteroatoms. The highest BCUT2D eigenvalue weighted by atomic mass is 35.5. The summed E-state index contributed by atoms with van der Waals surface area (Å²) >= 11 is 11.8. The molecular formula is C18H13Cl2N3O. The van der Waals surface area contributed by atoms with Crippen LogP contribution in [-0.4, -0.2) is 15.9 Å². The Bertz CT molecular complexity index is 869. The molecule has 0 atom stereocenters. The first-order chi connectivity index (χ1) is 11.6. The third-order valence-electron chi connectivity index (χ3n) is 3.45. The van der Waals surface area contributed by atoms with Gasteiger partial charge in [0.05, 0.1) is 15.7 Å². The molecule has 0 unspecified atom stereocenters. The number of amides is 1. The minimum absolute atomic E-state index is 0.227. The molecule has 1 aromatic carbocycles. The molecule has 0 bridgehead atoms. The summed E-state index contributed by atoms with van der Waals surface area (Å²) in [6.45, 7) is 0.344. The Hall–Kier alpha value is -2.43. The van der Waals surface area contributed by atoms with Crippen LogP contribution in [0, 0.1) is 0 Å². The smallest absolute Gasteiger partial charge is 0.251 e. The van der Waals surface area contributed by atoms with Gasteiger partial charge in [-0.25, -0.2) is 0 Å². The zero-order valence-corrected chi connectivity index (χ0v) is 14.1. The molecule has 2 aromatic heterocycles. The van der Waals surface area contributed by atoms with E-state index in [-0.39, 0.29) is 5.91 Å². The van der Waals surface area contributed by atoms with E-state index < -0.39 is 0 Å². The van der Waals surface area contributed by atoms with Crippen molar-refractivity contribution in [1.82, 2.24) is 15.3 Å². The normalized spacial score (nSPS) is 10.4. The Balaban J connectivity index is 1.77. The number of carbonyl (C=O) groups is 1. The Kier molecular flexibility index (Phi) is 5.08. The van der Waals surface area contributed by atoms with Gasteiger partial charge in [-0.15, -0.1) is 0 Å². The summed E-state index contributed by atoms with van der Waals surface area (Å²) in [7, 11) is 0. The third-order valence-corrected chi connectivity index (χ3v) is 4.19. The van der Waals surface area contributed by atoms with Crippen LogP contribution in [0.25, 0.3) is 11.3 Å². The molecule has 0 radical (unpaired) electrons. The predicted octanol–water partition coefficient (Wildman–Crippen LogP) is 4.38. The van der Waals surface area contributed by atoms with E-state index >= 15 is 0 Å². The maximum atomic E-state index is 12.3. The Morgan fingerprint density at radius 2 is 1.88 bits per heavy atom. The standard InChI is InChI=1S/C18H13Cl2N3O/c19-15-6-5-12(9-16(15)20)18(24)23-11-14-4-2-8-22-17(14)13-3-1-7-21-10-13/h1-10H,11H2,(H,23,24). The number of rotatable bonds is 4. The zero-order valence-electron chi connectivity index (χ0n) is 12.5.